The molecule has 1 rings (SSSR count). The smallest absolute Gasteiger partial charge is 0.245 e. The van der Waals surface area contributed by atoms with E-state index in [9.17, 15) is 17.2 Å². The maximum absolute atomic E-state index is 13.9. The zero-order chi connectivity index (χ0) is 13.9. The van der Waals surface area contributed by atoms with E-state index in [1.165, 1.54) is 0 Å². The second kappa shape index (κ2) is 5.73. The van der Waals surface area contributed by atoms with Gasteiger partial charge in [-0.05, 0) is 12.1 Å². The monoisotopic (exact) mass is 279 g/mol. The second-order valence-electron chi connectivity index (χ2n) is 3.59. The third-order valence-electron chi connectivity index (χ3n) is 2.63. The standard InChI is InChI=1S/C11H15F2NO3S/c1-3-14(4-2)18(16,17)10-6-5-9(12)8(7-15)11(10)13/h5-6,15H,3-4,7H2,1-2H3. The molecule has 4 nitrogen and oxygen atoms in total. The maximum atomic E-state index is 13.9. The zero-order valence-corrected chi connectivity index (χ0v) is 11.0. The van der Waals surface area contributed by atoms with Gasteiger partial charge in [0.25, 0.3) is 0 Å². The van der Waals surface area contributed by atoms with Crippen LogP contribution in [0.2, 0.25) is 0 Å². The van der Waals surface area contributed by atoms with Gasteiger partial charge >= 0.3 is 0 Å². The summed E-state index contributed by atoms with van der Waals surface area (Å²) < 4.78 is 52.2. The highest BCUT2D eigenvalue weighted by atomic mass is 32.2. The molecule has 0 fully saturated rings. The van der Waals surface area contributed by atoms with Crippen LogP contribution in [-0.2, 0) is 16.6 Å². The molecule has 0 saturated heterocycles. The van der Waals surface area contributed by atoms with Crippen LogP contribution >= 0.6 is 0 Å². The van der Waals surface area contributed by atoms with Crippen molar-refractivity contribution in [2.45, 2.75) is 25.3 Å². The largest absolute Gasteiger partial charge is 0.391 e. The third-order valence-corrected chi connectivity index (χ3v) is 4.70. The number of nitrogens with zero attached hydrogens (tertiary/aromatic N) is 1. The van der Waals surface area contributed by atoms with Crippen LogP contribution < -0.4 is 0 Å². The quantitative estimate of drug-likeness (QED) is 0.888. The summed E-state index contributed by atoms with van der Waals surface area (Å²) in [7, 11) is -4.00. The Labute approximate surface area is 105 Å². The van der Waals surface area contributed by atoms with Crippen molar-refractivity contribution < 1.29 is 22.3 Å². The van der Waals surface area contributed by atoms with Crippen LogP contribution in [0.25, 0.3) is 0 Å². The average molecular weight is 279 g/mol. The Bertz CT molecular complexity index is 527. The van der Waals surface area contributed by atoms with Gasteiger partial charge in [0.15, 0.2) is 5.82 Å². The summed E-state index contributed by atoms with van der Waals surface area (Å²) in [6.07, 6.45) is 0. The van der Waals surface area contributed by atoms with Crippen LogP contribution in [0.4, 0.5) is 8.78 Å². The summed E-state index contributed by atoms with van der Waals surface area (Å²) >= 11 is 0. The molecular formula is C11H15F2NO3S. The highest BCUT2D eigenvalue weighted by Crippen LogP contribution is 2.23. The van der Waals surface area contributed by atoms with Gasteiger partial charge in [0.1, 0.15) is 10.7 Å². The summed E-state index contributed by atoms with van der Waals surface area (Å²) in [5, 5.41) is 8.85. The Morgan fingerprint density at radius 3 is 2.22 bits per heavy atom. The van der Waals surface area contributed by atoms with Crippen molar-refractivity contribution in [3.8, 4) is 0 Å². The van der Waals surface area contributed by atoms with Crippen molar-refractivity contribution in [3.05, 3.63) is 29.3 Å². The normalized spacial score (nSPS) is 12.1. The first-order valence-electron chi connectivity index (χ1n) is 5.48. The van der Waals surface area contributed by atoms with E-state index in [1.807, 2.05) is 0 Å². The molecule has 0 unspecified atom stereocenters. The molecule has 1 aromatic rings. The van der Waals surface area contributed by atoms with E-state index < -0.39 is 38.7 Å². The SMILES string of the molecule is CCN(CC)S(=O)(=O)c1ccc(F)c(CO)c1F. The first-order valence-corrected chi connectivity index (χ1v) is 6.92. The molecule has 1 N–H and O–H groups in total. The second-order valence-corrected chi connectivity index (χ2v) is 5.49. The fraction of sp³-hybridized carbons (Fsp3) is 0.455. The van der Waals surface area contributed by atoms with Crippen molar-refractivity contribution in [2.75, 3.05) is 13.1 Å². The van der Waals surface area contributed by atoms with Crippen LogP contribution in [0.1, 0.15) is 19.4 Å². The van der Waals surface area contributed by atoms with E-state index in [2.05, 4.69) is 0 Å². The fourth-order valence-electron chi connectivity index (χ4n) is 1.62. The first-order chi connectivity index (χ1) is 8.39. The molecule has 0 heterocycles. The highest BCUT2D eigenvalue weighted by molar-refractivity contribution is 7.89. The van der Waals surface area contributed by atoms with Gasteiger partial charge in [0.2, 0.25) is 10.0 Å². The Kier molecular flexibility index (Phi) is 4.78. The van der Waals surface area contributed by atoms with Gasteiger partial charge in [0, 0.05) is 13.1 Å². The van der Waals surface area contributed by atoms with Gasteiger partial charge in [-0.1, -0.05) is 13.8 Å². The number of aliphatic hydroxyl groups excluding tert-OH is 1. The molecular weight excluding hydrogens is 264 g/mol. The molecule has 18 heavy (non-hydrogen) atoms. The summed E-state index contributed by atoms with van der Waals surface area (Å²) in [6.45, 7) is 2.72. The van der Waals surface area contributed by atoms with E-state index in [0.29, 0.717) is 0 Å². The van der Waals surface area contributed by atoms with E-state index in [1.54, 1.807) is 13.8 Å². The first kappa shape index (κ1) is 15.0. The minimum atomic E-state index is -4.00. The van der Waals surface area contributed by atoms with Crippen LogP contribution in [0, 0.1) is 11.6 Å². The third kappa shape index (κ3) is 2.52. The lowest BCUT2D eigenvalue weighted by molar-refractivity contribution is 0.267. The van der Waals surface area contributed by atoms with Crippen molar-refractivity contribution in [1.82, 2.24) is 4.31 Å². The highest BCUT2D eigenvalue weighted by Gasteiger charge is 2.27. The van der Waals surface area contributed by atoms with Gasteiger partial charge in [0.05, 0.1) is 12.2 Å². The summed E-state index contributed by atoms with van der Waals surface area (Å²) in [5.41, 5.74) is -0.636. The van der Waals surface area contributed by atoms with Crippen LogP contribution in [-0.4, -0.2) is 30.9 Å². The fourth-order valence-corrected chi connectivity index (χ4v) is 3.17. The number of hydrogen-bond acceptors (Lipinski definition) is 3. The molecule has 0 saturated carbocycles. The zero-order valence-electron chi connectivity index (χ0n) is 10.2. The van der Waals surface area contributed by atoms with Crippen molar-refractivity contribution >= 4 is 10.0 Å². The van der Waals surface area contributed by atoms with Crippen LogP contribution in [0.3, 0.4) is 0 Å². The van der Waals surface area contributed by atoms with Crippen LogP contribution in [0.15, 0.2) is 17.0 Å². The molecule has 0 bridgehead atoms. The van der Waals surface area contributed by atoms with Gasteiger partial charge < -0.3 is 5.11 Å². The van der Waals surface area contributed by atoms with Crippen molar-refractivity contribution in [3.63, 3.8) is 0 Å². The molecule has 0 amide bonds. The summed E-state index contributed by atoms with van der Waals surface area (Å²) in [5.74, 6) is -2.20. The van der Waals surface area contributed by atoms with E-state index in [-0.39, 0.29) is 13.1 Å². The molecule has 7 heteroatoms. The average Bonchev–Trinajstić information content (AvgIpc) is 2.30. The van der Waals surface area contributed by atoms with Gasteiger partial charge in [-0.3, -0.25) is 0 Å². The molecule has 0 aliphatic heterocycles. The molecule has 1 aromatic carbocycles. The van der Waals surface area contributed by atoms with Crippen molar-refractivity contribution in [1.29, 1.82) is 0 Å². The lowest BCUT2D eigenvalue weighted by Crippen LogP contribution is -2.31. The number of sulfonamides is 1. The number of benzene rings is 1. The Hall–Kier alpha value is -1.05. The number of hydrogen-bond donors (Lipinski definition) is 1. The lowest BCUT2D eigenvalue weighted by atomic mass is 10.2. The Morgan fingerprint density at radius 1 is 1.22 bits per heavy atom. The number of halogens is 2. The molecule has 0 aromatic heterocycles. The van der Waals surface area contributed by atoms with Crippen LogP contribution in [0.5, 0.6) is 0 Å². The molecule has 102 valence electrons. The topological polar surface area (TPSA) is 57.6 Å². The predicted octanol–water partition coefficient (Wildman–Crippen LogP) is 1.49. The minimum Gasteiger partial charge on any atom is -0.391 e. The molecule has 0 spiro atoms. The van der Waals surface area contributed by atoms with Crippen molar-refractivity contribution in [2.24, 2.45) is 0 Å². The number of aliphatic hydroxyl groups is 1. The van der Waals surface area contributed by atoms with Gasteiger partial charge in [-0.15, -0.1) is 0 Å². The van der Waals surface area contributed by atoms with E-state index in [4.69, 9.17) is 5.11 Å². The minimum absolute atomic E-state index is 0.185. The van der Waals surface area contributed by atoms with E-state index >= 15 is 0 Å². The summed E-state index contributed by atoms with van der Waals surface area (Å²) in [6, 6.07) is 1.71. The molecule has 0 atom stereocenters. The molecule has 0 aliphatic rings. The Balaban J connectivity index is 3.43. The number of rotatable bonds is 5. The molecule has 0 radical (unpaired) electrons. The predicted molar refractivity (Wildman–Crippen MR) is 62.4 cm³/mol. The molecule has 0 aliphatic carbocycles. The van der Waals surface area contributed by atoms with E-state index in [0.717, 1.165) is 16.4 Å². The Morgan fingerprint density at radius 2 is 1.78 bits per heavy atom. The lowest BCUT2D eigenvalue weighted by Gasteiger charge is -2.19. The van der Waals surface area contributed by atoms with Gasteiger partial charge in [-0.2, -0.15) is 4.31 Å². The summed E-state index contributed by atoms with van der Waals surface area (Å²) in [4.78, 5) is -0.614. The maximum Gasteiger partial charge on any atom is 0.245 e. The van der Waals surface area contributed by atoms with Gasteiger partial charge in [-0.25, -0.2) is 17.2 Å².